The van der Waals surface area contributed by atoms with Gasteiger partial charge in [0.2, 0.25) is 0 Å². The summed E-state index contributed by atoms with van der Waals surface area (Å²) in [6, 6.07) is 3.84. The summed E-state index contributed by atoms with van der Waals surface area (Å²) < 4.78 is 10.9. The molecular weight excluding hydrogens is 535 g/mol. The van der Waals surface area contributed by atoms with Crippen LogP contribution >= 0.6 is 23.2 Å². The Kier molecular flexibility index (Phi) is 19.6. The van der Waals surface area contributed by atoms with Crippen molar-refractivity contribution in [3.05, 3.63) is 56.6 Å². The predicted octanol–water partition coefficient (Wildman–Crippen LogP) is 5.54. The summed E-state index contributed by atoms with van der Waals surface area (Å²) in [5, 5.41) is 18.4. The van der Waals surface area contributed by atoms with Gasteiger partial charge in [0.05, 0.1) is 11.6 Å². The fourth-order valence-corrected chi connectivity index (χ4v) is 3.59. The van der Waals surface area contributed by atoms with Gasteiger partial charge >= 0.3 is 0 Å². The van der Waals surface area contributed by atoms with Crippen LogP contribution in [-0.2, 0) is 9.59 Å². The Bertz CT molecular complexity index is 1100. The van der Waals surface area contributed by atoms with E-state index in [2.05, 4.69) is 11.1 Å². The Morgan fingerprint density at radius 3 is 1.47 bits per heavy atom. The van der Waals surface area contributed by atoms with E-state index in [4.69, 9.17) is 43.1 Å². The standard InChI is InChI=1S/C13H17NO3.C13H16O3.CH2Cl2.H3NO/c1-8-5-9(2)13(17-7-10(3)15)11(4)12(8)6-14-16;1-8-5-9(2)13(16-7-10(3)15)11(4)12(8)6-14;2-1-3;1-2/h5-6,16H,7H2,1-4H3;5-6H,7H2,1-4H3;1H2;2H,1H2/b14-6+;;;. The summed E-state index contributed by atoms with van der Waals surface area (Å²) in [6.07, 6.45) is 2.20. The summed E-state index contributed by atoms with van der Waals surface area (Å²) in [5.41, 5.74) is 6.99. The zero-order valence-electron chi connectivity index (χ0n) is 23.1. The molecule has 0 aromatic heterocycles. The van der Waals surface area contributed by atoms with Crippen molar-refractivity contribution in [2.45, 2.75) is 55.4 Å². The molecule has 4 N–H and O–H groups in total. The number of carbonyl (C=O) groups is 3. The number of ether oxygens (including phenoxy) is 2. The van der Waals surface area contributed by atoms with E-state index in [1.54, 1.807) is 0 Å². The number of rotatable bonds is 8. The van der Waals surface area contributed by atoms with E-state index >= 15 is 0 Å². The minimum absolute atomic E-state index is 0.0262. The van der Waals surface area contributed by atoms with Crippen molar-refractivity contribution < 1.29 is 34.3 Å². The largest absolute Gasteiger partial charge is 0.485 e. The van der Waals surface area contributed by atoms with E-state index in [0.717, 1.165) is 45.2 Å². The third kappa shape index (κ3) is 12.5. The number of hydrogen-bond acceptors (Lipinski definition) is 9. The van der Waals surface area contributed by atoms with Crippen LogP contribution in [0.5, 0.6) is 11.5 Å². The Hall–Kier alpha value is -2.98. The number of nitrogens with two attached hydrogens (primary N) is 1. The first kappa shape index (κ1) is 37.2. The average molecular weight is 574 g/mol. The number of benzene rings is 2. The van der Waals surface area contributed by atoms with Crippen molar-refractivity contribution in [2.75, 3.05) is 18.6 Å². The van der Waals surface area contributed by atoms with Gasteiger partial charge in [-0.2, -0.15) is 0 Å². The van der Waals surface area contributed by atoms with Gasteiger partial charge in [-0.3, -0.25) is 14.4 Å². The second-order valence-electron chi connectivity index (χ2n) is 8.20. The number of nitrogens with zero attached hydrogens (tertiary/aromatic N) is 1. The third-order valence-electron chi connectivity index (χ3n) is 5.07. The van der Waals surface area contributed by atoms with Crippen molar-refractivity contribution in [1.29, 1.82) is 0 Å². The lowest BCUT2D eigenvalue weighted by atomic mass is 9.99. The molecule has 0 fully saturated rings. The zero-order valence-corrected chi connectivity index (χ0v) is 24.7. The molecule has 11 heteroatoms. The predicted molar refractivity (Wildman–Crippen MR) is 151 cm³/mol. The van der Waals surface area contributed by atoms with E-state index in [1.807, 2.05) is 53.7 Å². The van der Waals surface area contributed by atoms with Crippen LogP contribution in [0.1, 0.15) is 63.1 Å². The third-order valence-corrected chi connectivity index (χ3v) is 5.07. The molecule has 0 spiro atoms. The lowest BCUT2D eigenvalue weighted by molar-refractivity contribution is -0.119. The molecule has 0 aliphatic rings. The maximum Gasteiger partial charge on any atom is 0.167 e. The first-order valence-corrected chi connectivity index (χ1v) is 12.4. The highest BCUT2D eigenvalue weighted by Crippen LogP contribution is 2.29. The maximum absolute atomic E-state index is 10.9. The molecule has 9 nitrogen and oxygen atoms in total. The van der Waals surface area contributed by atoms with Crippen molar-refractivity contribution in [2.24, 2.45) is 11.1 Å². The summed E-state index contributed by atoms with van der Waals surface area (Å²) in [4.78, 5) is 32.7. The summed E-state index contributed by atoms with van der Waals surface area (Å²) in [7, 11) is 0. The highest BCUT2D eigenvalue weighted by Gasteiger charge is 2.13. The molecule has 0 bridgehead atoms. The second-order valence-corrected chi connectivity index (χ2v) is 9.01. The number of aldehydes is 1. The van der Waals surface area contributed by atoms with E-state index in [9.17, 15) is 14.4 Å². The van der Waals surface area contributed by atoms with Gasteiger partial charge in [-0.1, -0.05) is 17.3 Å². The number of aryl methyl sites for hydroxylation is 4. The molecule has 0 aliphatic heterocycles. The molecular formula is C27H38Cl2N2O7. The maximum atomic E-state index is 10.9. The molecule has 0 heterocycles. The van der Waals surface area contributed by atoms with Crippen LogP contribution in [0, 0.1) is 41.5 Å². The molecule has 0 atom stereocenters. The van der Waals surface area contributed by atoms with Crippen LogP contribution in [0.3, 0.4) is 0 Å². The first-order valence-electron chi connectivity index (χ1n) is 11.3. The number of ketones is 2. The SMILES string of the molecule is CC(=O)COc1c(C)cc(C)c(/C=N/O)c1C.CC(=O)COc1c(C)cc(C)c(C=O)c1C.ClCCl.NO. The second kappa shape index (κ2) is 20.0. The Morgan fingerprint density at radius 2 is 1.16 bits per heavy atom. The minimum Gasteiger partial charge on any atom is -0.485 e. The summed E-state index contributed by atoms with van der Waals surface area (Å²) in [5.74, 6) is 4.76. The number of carbonyl (C=O) groups excluding carboxylic acids is 3. The van der Waals surface area contributed by atoms with Gasteiger partial charge in [0, 0.05) is 22.3 Å². The molecule has 212 valence electrons. The minimum atomic E-state index is -0.0352. The molecule has 2 aromatic rings. The number of alkyl halides is 2. The molecule has 0 unspecified atom stereocenters. The number of Topliss-reactive ketones (excluding diaryl/α,β-unsaturated/α-hetero) is 2. The van der Waals surface area contributed by atoms with Gasteiger partial charge < -0.3 is 19.9 Å². The first-order chi connectivity index (χ1) is 17.9. The van der Waals surface area contributed by atoms with Gasteiger partial charge in [0.1, 0.15) is 24.7 Å². The van der Waals surface area contributed by atoms with Gasteiger partial charge in [-0.25, -0.2) is 5.90 Å². The van der Waals surface area contributed by atoms with Gasteiger partial charge in [0.25, 0.3) is 0 Å². The van der Waals surface area contributed by atoms with E-state index in [1.165, 1.54) is 20.1 Å². The number of hydrogen-bond donors (Lipinski definition) is 3. The average Bonchev–Trinajstić information content (AvgIpc) is 2.83. The van der Waals surface area contributed by atoms with Crippen LogP contribution in [0.2, 0.25) is 0 Å². The Labute approximate surface area is 234 Å². The summed E-state index contributed by atoms with van der Waals surface area (Å²) in [6.45, 7) is 14.4. The number of halogens is 2. The molecule has 0 aliphatic carbocycles. The molecule has 0 saturated heterocycles. The van der Waals surface area contributed by atoms with Crippen molar-refractivity contribution >= 4 is 47.3 Å². The van der Waals surface area contributed by atoms with Crippen molar-refractivity contribution in [3.8, 4) is 11.5 Å². The zero-order chi connectivity index (χ0) is 30.0. The van der Waals surface area contributed by atoms with Gasteiger partial charge in [0.15, 0.2) is 17.9 Å². The lowest BCUT2D eigenvalue weighted by Crippen LogP contribution is -2.09. The molecule has 0 amide bonds. The van der Waals surface area contributed by atoms with Crippen LogP contribution < -0.4 is 15.4 Å². The van der Waals surface area contributed by atoms with Crippen molar-refractivity contribution in [3.63, 3.8) is 0 Å². The lowest BCUT2D eigenvalue weighted by Gasteiger charge is -2.15. The molecule has 2 rings (SSSR count). The summed E-state index contributed by atoms with van der Waals surface area (Å²) >= 11 is 9.53. The Morgan fingerprint density at radius 1 is 0.816 bits per heavy atom. The quantitative estimate of drug-likeness (QED) is 0.123. The van der Waals surface area contributed by atoms with Gasteiger partial charge in [-0.05, 0) is 77.6 Å². The molecule has 2 aromatic carbocycles. The van der Waals surface area contributed by atoms with Gasteiger partial charge in [-0.15, -0.1) is 23.2 Å². The molecule has 0 radical (unpaired) electrons. The Balaban J connectivity index is 0. The van der Waals surface area contributed by atoms with Crippen LogP contribution in [0.4, 0.5) is 0 Å². The van der Waals surface area contributed by atoms with Crippen LogP contribution in [0.25, 0.3) is 0 Å². The molecule has 38 heavy (non-hydrogen) atoms. The highest BCUT2D eigenvalue weighted by atomic mass is 35.5. The van der Waals surface area contributed by atoms with E-state index in [0.29, 0.717) is 17.1 Å². The van der Waals surface area contributed by atoms with Crippen LogP contribution in [-0.4, -0.2) is 53.0 Å². The normalized spacial score (nSPS) is 9.68. The van der Waals surface area contributed by atoms with E-state index in [-0.39, 0.29) is 30.1 Å². The molecule has 0 saturated carbocycles. The fourth-order valence-electron chi connectivity index (χ4n) is 3.59. The highest BCUT2D eigenvalue weighted by molar-refractivity contribution is 6.40. The van der Waals surface area contributed by atoms with Crippen molar-refractivity contribution in [1.82, 2.24) is 0 Å². The fraction of sp³-hybridized carbons (Fsp3) is 0.407. The van der Waals surface area contributed by atoms with E-state index < -0.39 is 0 Å². The smallest absolute Gasteiger partial charge is 0.167 e. The topological polar surface area (TPSA) is 149 Å². The number of oxime groups is 1. The monoisotopic (exact) mass is 572 g/mol. The van der Waals surface area contributed by atoms with Crippen LogP contribution in [0.15, 0.2) is 17.3 Å².